The maximum atomic E-state index is 12.1. The number of imidazole rings is 1. The summed E-state index contributed by atoms with van der Waals surface area (Å²) in [5.41, 5.74) is 1.17. The Morgan fingerprint density at radius 1 is 1.52 bits per heavy atom. The Hall–Kier alpha value is -1.92. The van der Waals surface area contributed by atoms with Crippen molar-refractivity contribution < 1.29 is 14.6 Å². The third-order valence-electron chi connectivity index (χ3n) is 3.51. The van der Waals surface area contributed by atoms with Gasteiger partial charge in [0.15, 0.2) is 0 Å². The van der Waals surface area contributed by atoms with Crippen molar-refractivity contribution in [2.75, 3.05) is 19.8 Å². The van der Waals surface area contributed by atoms with E-state index in [2.05, 4.69) is 10.3 Å². The first-order valence-electron chi connectivity index (χ1n) is 7.20. The van der Waals surface area contributed by atoms with Crippen LogP contribution in [0.1, 0.15) is 23.3 Å². The van der Waals surface area contributed by atoms with Gasteiger partial charge in [-0.25, -0.2) is 4.98 Å². The highest BCUT2D eigenvalue weighted by molar-refractivity contribution is 5.93. The third kappa shape index (κ3) is 3.59. The fourth-order valence-corrected chi connectivity index (χ4v) is 2.12. The highest BCUT2D eigenvalue weighted by Crippen LogP contribution is 2.28. The zero-order valence-electron chi connectivity index (χ0n) is 11.7. The Labute approximate surface area is 122 Å². The predicted octanol–water partition coefficient (Wildman–Crippen LogP) is 0.852. The molecular weight excluding hydrogens is 270 g/mol. The number of carbonyl (C=O) groups is 1. The number of nitrogens with zero attached hydrogens (tertiary/aromatic N) is 2. The molecule has 1 aliphatic rings. The fraction of sp³-hybridized carbons (Fsp3) is 0.467. The number of ether oxygens (including phenoxy) is 1. The van der Waals surface area contributed by atoms with E-state index in [0.717, 1.165) is 5.65 Å². The van der Waals surface area contributed by atoms with Crippen LogP contribution in [-0.2, 0) is 4.74 Å². The quantitative estimate of drug-likeness (QED) is 0.792. The van der Waals surface area contributed by atoms with Gasteiger partial charge in [0.05, 0.1) is 18.9 Å². The molecule has 0 radical (unpaired) electrons. The van der Waals surface area contributed by atoms with E-state index in [-0.39, 0.29) is 19.1 Å². The molecule has 0 aromatic carbocycles. The first-order valence-corrected chi connectivity index (χ1v) is 7.20. The number of hydrogen-bond acceptors (Lipinski definition) is 4. The zero-order valence-corrected chi connectivity index (χ0v) is 11.7. The summed E-state index contributed by atoms with van der Waals surface area (Å²) in [4.78, 5) is 16.3. The van der Waals surface area contributed by atoms with E-state index in [9.17, 15) is 9.90 Å². The normalized spacial score (nSPS) is 16.0. The predicted molar refractivity (Wildman–Crippen MR) is 77.1 cm³/mol. The molecule has 2 N–H and O–H groups in total. The van der Waals surface area contributed by atoms with Crippen molar-refractivity contribution in [1.82, 2.24) is 14.7 Å². The molecule has 1 unspecified atom stereocenters. The Balaban J connectivity index is 1.49. The van der Waals surface area contributed by atoms with Crippen LogP contribution in [0.15, 0.2) is 30.6 Å². The number of fused-ring (bicyclic) bond motifs is 1. The molecule has 1 saturated carbocycles. The molecule has 6 heteroatoms. The number of carbonyl (C=O) groups excluding carboxylic acids is 1. The summed E-state index contributed by atoms with van der Waals surface area (Å²) >= 11 is 0. The summed E-state index contributed by atoms with van der Waals surface area (Å²) in [6.07, 6.45) is 5.07. The maximum Gasteiger partial charge on any atom is 0.270 e. The van der Waals surface area contributed by atoms with Crippen LogP contribution in [0.5, 0.6) is 0 Å². The lowest BCUT2D eigenvalue weighted by Gasteiger charge is -2.12. The lowest BCUT2D eigenvalue weighted by molar-refractivity contribution is 0.0320. The van der Waals surface area contributed by atoms with Crippen LogP contribution in [0.25, 0.3) is 5.65 Å². The smallest absolute Gasteiger partial charge is 0.270 e. The average Bonchev–Trinajstić information content (AvgIpc) is 3.21. The van der Waals surface area contributed by atoms with E-state index in [1.165, 1.54) is 19.0 Å². The van der Waals surface area contributed by atoms with Gasteiger partial charge in [-0.2, -0.15) is 0 Å². The molecule has 2 aromatic rings. The minimum absolute atomic E-state index is 0.170. The number of aliphatic hydroxyl groups is 1. The number of pyridine rings is 1. The molecule has 1 fully saturated rings. The van der Waals surface area contributed by atoms with Crippen molar-refractivity contribution in [3.05, 3.63) is 36.3 Å². The van der Waals surface area contributed by atoms with Crippen molar-refractivity contribution in [3.63, 3.8) is 0 Å². The second-order valence-corrected chi connectivity index (χ2v) is 5.42. The molecule has 21 heavy (non-hydrogen) atoms. The molecule has 2 heterocycles. The molecule has 0 spiro atoms. The number of amides is 1. The van der Waals surface area contributed by atoms with Crippen LogP contribution in [0.3, 0.4) is 0 Å². The van der Waals surface area contributed by atoms with Crippen LogP contribution in [0.4, 0.5) is 0 Å². The second-order valence-electron chi connectivity index (χ2n) is 5.42. The molecule has 1 atom stereocenters. The molecule has 6 nitrogen and oxygen atoms in total. The summed E-state index contributed by atoms with van der Waals surface area (Å²) in [7, 11) is 0. The van der Waals surface area contributed by atoms with Gasteiger partial charge in [0.25, 0.3) is 5.91 Å². The van der Waals surface area contributed by atoms with E-state index in [1.54, 1.807) is 10.6 Å². The second kappa shape index (κ2) is 6.24. The summed E-state index contributed by atoms with van der Waals surface area (Å²) in [5.74, 6) is 0.417. The molecule has 0 saturated heterocycles. The van der Waals surface area contributed by atoms with Gasteiger partial charge in [0.2, 0.25) is 0 Å². The Morgan fingerprint density at radius 3 is 3.19 bits per heavy atom. The minimum atomic E-state index is -0.688. The SMILES string of the molecule is O=C(NCC(O)COCC1CC1)c1cnc2ccccn12. The van der Waals surface area contributed by atoms with Gasteiger partial charge in [0.1, 0.15) is 11.3 Å². The summed E-state index contributed by atoms with van der Waals surface area (Å²) in [5, 5.41) is 12.5. The molecule has 112 valence electrons. The van der Waals surface area contributed by atoms with Crippen LogP contribution < -0.4 is 5.32 Å². The Morgan fingerprint density at radius 2 is 2.38 bits per heavy atom. The van der Waals surface area contributed by atoms with E-state index in [4.69, 9.17) is 4.74 Å². The van der Waals surface area contributed by atoms with E-state index in [0.29, 0.717) is 18.2 Å². The molecule has 1 amide bonds. The molecule has 2 aromatic heterocycles. The Kier molecular flexibility index (Phi) is 4.17. The topological polar surface area (TPSA) is 75.9 Å². The van der Waals surface area contributed by atoms with Crippen molar-refractivity contribution >= 4 is 11.6 Å². The molecule has 0 aliphatic heterocycles. The summed E-state index contributed by atoms with van der Waals surface area (Å²) in [6.45, 7) is 1.13. The summed E-state index contributed by atoms with van der Waals surface area (Å²) in [6, 6.07) is 5.54. The molecule has 3 rings (SSSR count). The fourth-order valence-electron chi connectivity index (χ4n) is 2.12. The van der Waals surface area contributed by atoms with Gasteiger partial charge in [-0.15, -0.1) is 0 Å². The van der Waals surface area contributed by atoms with Crippen LogP contribution in [0.2, 0.25) is 0 Å². The largest absolute Gasteiger partial charge is 0.389 e. The van der Waals surface area contributed by atoms with Gasteiger partial charge in [-0.1, -0.05) is 6.07 Å². The lowest BCUT2D eigenvalue weighted by Crippen LogP contribution is -2.35. The van der Waals surface area contributed by atoms with Crippen molar-refractivity contribution in [2.24, 2.45) is 5.92 Å². The number of aliphatic hydroxyl groups excluding tert-OH is 1. The van der Waals surface area contributed by atoms with Gasteiger partial charge in [0, 0.05) is 19.3 Å². The average molecular weight is 289 g/mol. The maximum absolute atomic E-state index is 12.1. The third-order valence-corrected chi connectivity index (χ3v) is 3.51. The lowest BCUT2D eigenvalue weighted by atomic mass is 10.3. The first-order chi connectivity index (χ1) is 10.2. The number of nitrogens with one attached hydrogen (secondary N) is 1. The number of rotatable bonds is 7. The zero-order chi connectivity index (χ0) is 14.7. The van der Waals surface area contributed by atoms with E-state index >= 15 is 0 Å². The number of hydrogen-bond donors (Lipinski definition) is 2. The van der Waals surface area contributed by atoms with E-state index in [1.807, 2.05) is 18.2 Å². The molecule has 1 aliphatic carbocycles. The Bertz CT molecular complexity index is 621. The number of aromatic nitrogens is 2. The van der Waals surface area contributed by atoms with Crippen molar-refractivity contribution in [1.29, 1.82) is 0 Å². The monoisotopic (exact) mass is 289 g/mol. The van der Waals surface area contributed by atoms with Gasteiger partial charge in [-0.05, 0) is 30.9 Å². The first kappa shape index (κ1) is 14.0. The standard InChI is InChI=1S/C15H19N3O3/c19-12(10-21-9-11-4-5-11)7-17-15(20)13-8-16-14-3-1-2-6-18(13)14/h1-3,6,8,11-12,19H,4-5,7,9-10H2,(H,17,20). The highest BCUT2D eigenvalue weighted by atomic mass is 16.5. The van der Waals surface area contributed by atoms with Crippen LogP contribution in [-0.4, -0.2) is 46.3 Å². The molecule has 0 bridgehead atoms. The highest BCUT2D eigenvalue weighted by Gasteiger charge is 2.21. The van der Waals surface area contributed by atoms with Crippen molar-refractivity contribution in [3.8, 4) is 0 Å². The van der Waals surface area contributed by atoms with Gasteiger partial charge in [-0.3, -0.25) is 9.20 Å². The van der Waals surface area contributed by atoms with Crippen LogP contribution >= 0.6 is 0 Å². The van der Waals surface area contributed by atoms with Crippen molar-refractivity contribution in [2.45, 2.75) is 18.9 Å². The van der Waals surface area contributed by atoms with Gasteiger partial charge < -0.3 is 15.2 Å². The molecular formula is C15H19N3O3. The van der Waals surface area contributed by atoms with E-state index < -0.39 is 6.10 Å². The summed E-state index contributed by atoms with van der Waals surface area (Å²) < 4.78 is 7.11. The van der Waals surface area contributed by atoms with Gasteiger partial charge >= 0.3 is 0 Å². The minimum Gasteiger partial charge on any atom is -0.389 e. The van der Waals surface area contributed by atoms with Crippen LogP contribution in [0, 0.1) is 5.92 Å².